The number of halogens is 1. The van der Waals surface area contributed by atoms with Crippen molar-refractivity contribution in [3.63, 3.8) is 0 Å². The molecule has 0 bridgehead atoms. The number of amides is 1. The molecule has 2 heterocycles. The zero-order chi connectivity index (χ0) is 39.2. The lowest BCUT2D eigenvalue weighted by atomic mass is 9.99. The van der Waals surface area contributed by atoms with Gasteiger partial charge < -0.3 is 15.0 Å². The number of benzene rings is 5. The molecule has 0 saturated carbocycles. The summed E-state index contributed by atoms with van der Waals surface area (Å²) in [6.45, 7) is 5.63. The number of nitro groups is 1. The van der Waals surface area contributed by atoms with E-state index in [-0.39, 0.29) is 23.0 Å². The van der Waals surface area contributed by atoms with E-state index in [4.69, 9.17) is 16.3 Å². The molecule has 2 N–H and O–H groups in total. The van der Waals surface area contributed by atoms with Gasteiger partial charge in [-0.05, 0) is 83.6 Å². The van der Waals surface area contributed by atoms with Gasteiger partial charge in [0.15, 0.2) is 0 Å². The number of carbonyl (C=O) groups excluding carboxylic acids is 1. The molecule has 56 heavy (non-hydrogen) atoms. The molecule has 14 heteroatoms. The van der Waals surface area contributed by atoms with Crippen molar-refractivity contribution in [3.8, 4) is 22.6 Å². The number of rotatable bonds is 13. The summed E-state index contributed by atoms with van der Waals surface area (Å²) in [6, 6.07) is 37.2. The van der Waals surface area contributed by atoms with Crippen molar-refractivity contribution in [2.24, 2.45) is 0 Å². The fraction of sp³-hybridized carbons (Fsp3) is 0.167. The second kappa shape index (κ2) is 17.0. The summed E-state index contributed by atoms with van der Waals surface area (Å²) in [5, 5.41) is 17.7. The molecule has 1 aliphatic heterocycles. The Labute approximate surface area is 334 Å². The highest BCUT2D eigenvalue weighted by atomic mass is 35.5. The predicted octanol–water partition coefficient (Wildman–Crippen LogP) is 9.38. The second-order valence-electron chi connectivity index (χ2n) is 13.3. The fourth-order valence-electron chi connectivity index (χ4n) is 6.60. The Bertz CT molecular complexity index is 2440. The van der Waals surface area contributed by atoms with Crippen LogP contribution in [-0.2, 0) is 16.6 Å². The smallest absolute Gasteiger partial charge is 0.293 e. The standard InChI is InChI=1S/C42H38ClN5O6S2/c1-29(41-12-7-25-55-41)44-38-20-18-35(27-39(38)48(50)51)56(52,53)45-42(49)37-19-17-33(26-40(37)54-34-9-3-2-4-10-34)47-23-21-46(22-24-47)28-31-8-5-6-11-36(31)30-13-15-32(43)16-14-30/h2-20,25-27,29,44H,21-24,28H2,1H3,(H,45,49). The van der Waals surface area contributed by atoms with E-state index in [9.17, 15) is 23.3 Å². The van der Waals surface area contributed by atoms with E-state index in [1.165, 1.54) is 35.1 Å². The number of thiophene rings is 1. The summed E-state index contributed by atoms with van der Waals surface area (Å²) < 4.78 is 35.4. The van der Waals surface area contributed by atoms with Gasteiger partial charge in [-0.3, -0.25) is 19.8 Å². The van der Waals surface area contributed by atoms with Crippen molar-refractivity contribution in [2.45, 2.75) is 24.4 Å². The Kier molecular flexibility index (Phi) is 11.7. The largest absolute Gasteiger partial charge is 0.456 e. The summed E-state index contributed by atoms with van der Waals surface area (Å²) in [5.41, 5.74) is 4.00. The molecule has 5 aromatic carbocycles. The maximum Gasteiger partial charge on any atom is 0.293 e. The molecule has 0 spiro atoms. The van der Waals surface area contributed by atoms with Crippen LogP contribution in [0, 0.1) is 10.1 Å². The second-order valence-corrected chi connectivity index (χ2v) is 16.4. The first-order valence-electron chi connectivity index (χ1n) is 17.9. The van der Waals surface area contributed by atoms with Crippen LogP contribution in [0.25, 0.3) is 11.1 Å². The van der Waals surface area contributed by atoms with E-state index < -0.39 is 31.4 Å². The molecule has 11 nitrogen and oxygen atoms in total. The van der Waals surface area contributed by atoms with Crippen LogP contribution in [0.5, 0.6) is 11.5 Å². The molecule has 1 unspecified atom stereocenters. The number of nitrogens with zero attached hydrogens (tertiary/aromatic N) is 3. The number of sulfonamides is 1. The quantitative estimate of drug-likeness (QED) is 0.0865. The summed E-state index contributed by atoms with van der Waals surface area (Å²) in [6.07, 6.45) is 0. The van der Waals surface area contributed by atoms with E-state index in [0.717, 1.165) is 47.4 Å². The van der Waals surface area contributed by atoms with Crippen LogP contribution in [0.1, 0.15) is 33.8 Å². The lowest BCUT2D eigenvalue weighted by molar-refractivity contribution is -0.384. The summed E-state index contributed by atoms with van der Waals surface area (Å²) in [4.78, 5) is 30.2. The number of hydrogen-bond acceptors (Lipinski definition) is 10. The first-order valence-corrected chi connectivity index (χ1v) is 20.6. The normalized spacial score (nSPS) is 13.9. The molecule has 1 atom stereocenters. The number of anilines is 2. The number of para-hydroxylation sites is 1. The molecular weight excluding hydrogens is 770 g/mol. The third-order valence-electron chi connectivity index (χ3n) is 9.53. The maximum absolute atomic E-state index is 13.7. The van der Waals surface area contributed by atoms with E-state index in [1.54, 1.807) is 36.4 Å². The topological polar surface area (TPSA) is 134 Å². The van der Waals surface area contributed by atoms with Gasteiger partial charge in [0.2, 0.25) is 0 Å². The Morgan fingerprint density at radius 1 is 0.893 bits per heavy atom. The predicted molar refractivity (Wildman–Crippen MR) is 221 cm³/mol. The monoisotopic (exact) mass is 807 g/mol. The van der Waals surface area contributed by atoms with Crippen LogP contribution in [0.4, 0.5) is 17.1 Å². The lowest BCUT2D eigenvalue weighted by Crippen LogP contribution is -2.46. The number of piperazine rings is 1. The molecule has 1 aliphatic rings. The van der Waals surface area contributed by atoms with Gasteiger partial charge in [0.05, 0.1) is 21.4 Å². The van der Waals surface area contributed by atoms with Crippen LogP contribution in [-0.4, -0.2) is 50.3 Å². The van der Waals surface area contributed by atoms with Crippen molar-refractivity contribution in [1.82, 2.24) is 9.62 Å². The highest BCUT2D eigenvalue weighted by molar-refractivity contribution is 7.90. The molecule has 1 amide bonds. The Morgan fingerprint density at radius 2 is 1.62 bits per heavy atom. The van der Waals surface area contributed by atoms with Crippen molar-refractivity contribution in [2.75, 3.05) is 36.4 Å². The first-order chi connectivity index (χ1) is 27.0. The molecule has 7 rings (SSSR count). The van der Waals surface area contributed by atoms with E-state index in [2.05, 4.69) is 32.0 Å². The van der Waals surface area contributed by atoms with E-state index in [0.29, 0.717) is 23.9 Å². The van der Waals surface area contributed by atoms with Gasteiger partial charge in [-0.1, -0.05) is 72.3 Å². The van der Waals surface area contributed by atoms with Crippen LogP contribution >= 0.6 is 22.9 Å². The van der Waals surface area contributed by atoms with Gasteiger partial charge in [-0.2, -0.15) is 0 Å². The van der Waals surface area contributed by atoms with Crippen molar-refractivity contribution in [3.05, 3.63) is 164 Å². The summed E-state index contributed by atoms with van der Waals surface area (Å²) >= 11 is 7.63. The maximum atomic E-state index is 13.7. The Morgan fingerprint density at radius 3 is 2.34 bits per heavy atom. The average Bonchev–Trinajstić information content (AvgIpc) is 3.75. The van der Waals surface area contributed by atoms with Gasteiger partial charge in [-0.25, -0.2) is 13.1 Å². The van der Waals surface area contributed by atoms with Crippen LogP contribution in [0.2, 0.25) is 5.02 Å². The Hall–Kier alpha value is -5.73. The van der Waals surface area contributed by atoms with Crippen molar-refractivity contribution >= 4 is 55.9 Å². The van der Waals surface area contributed by atoms with E-state index >= 15 is 0 Å². The summed E-state index contributed by atoms with van der Waals surface area (Å²) in [7, 11) is -4.53. The number of ether oxygens (including phenoxy) is 1. The van der Waals surface area contributed by atoms with Gasteiger partial charge in [0.25, 0.3) is 21.6 Å². The van der Waals surface area contributed by atoms with Crippen LogP contribution < -0.4 is 19.7 Å². The third kappa shape index (κ3) is 9.03. The molecule has 1 saturated heterocycles. The molecule has 0 aliphatic carbocycles. The highest BCUT2D eigenvalue weighted by Crippen LogP contribution is 2.34. The minimum atomic E-state index is -4.53. The molecule has 0 radical (unpaired) electrons. The third-order valence-corrected chi connectivity index (χ3v) is 12.2. The zero-order valence-electron chi connectivity index (χ0n) is 30.3. The Balaban J connectivity index is 1.08. The first kappa shape index (κ1) is 38.5. The lowest BCUT2D eigenvalue weighted by Gasteiger charge is -2.36. The van der Waals surface area contributed by atoms with Gasteiger partial charge in [-0.15, -0.1) is 11.3 Å². The van der Waals surface area contributed by atoms with Crippen LogP contribution in [0.15, 0.2) is 138 Å². The minimum Gasteiger partial charge on any atom is -0.456 e. The van der Waals surface area contributed by atoms with Gasteiger partial charge in [0.1, 0.15) is 17.2 Å². The fourth-order valence-corrected chi connectivity index (χ4v) is 8.45. The minimum absolute atomic E-state index is 0.0174. The highest BCUT2D eigenvalue weighted by Gasteiger charge is 2.27. The summed E-state index contributed by atoms with van der Waals surface area (Å²) in [5.74, 6) is -0.321. The number of nitro benzene ring substituents is 1. The van der Waals surface area contributed by atoms with Crippen molar-refractivity contribution in [1.29, 1.82) is 0 Å². The molecule has 286 valence electrons. The van der Waals surface area contributed by atoms with Crippen LogP contribution in [0.3, 0.4) is 0 Å². The van der Waals surface area contributed by atoms with Crippen molar-refractivity contribution < 1.29 is 22.9 Å². The number of hydrogen-bond donors (Lipinski definition) is 2. The molecule has 6 aromatic rings. The average molecular weight is 808 g/mol. The SMILES string of the molecule is CC(Nc1ccc(S(=O)(=O)NC(=O)c2ccc(N3CCN(Cc4ccccc4-c4ccc(Cl)cc4)CC3)cc2Oc2ccccc2)cc1[N+](=O)[O-])c1cccs1. The molecular formula is C42H38ClN5O6S2. The zero-order valence-corrected chi connectivity index (χ0v) is 32.7. The van der Waals surface area contributed by atoms with E-state index in [1.807, 2.05) is 66.9 Å². The molecule has 1 fully saturated rings. The molecule has 1 aromatic heterocycles. The van der Waals surface area contributed by atoms with Gasteiger partial charge >= 0.3 is 0 Å². The van der Waals surface area contributed by atoms with Gasteiger partial charge in [0, 0.05) is 60.4 Å². The number of carbonyl (C=O) groups is 1. The number of nitrogens with one attached hydrogen (secondary N) is 2.